The minimum absolute atomic E-state index is 0.120. The minimum atomic E-state index is -4.74. The Hall–Kier alpha value is -3.92. The van der Waals surface area contributed by atoms with Crippen LogP contribution in [0.5, 0.6) is 0 Å². The molecule has 4 aromatic rings. The highest BCUT2D eigenvalue weighted by Gasteiger charge is 2.36. The monoisotopic (exact) mass is 486 g/mol. The predicted octanol–water partition coefficient (Wildman–Crippen LogP) is 5.23. The summed E-state index contributed by atoms with van der Waals surface area (Å²) in [6.45, 7) is 0. The van der Waals surface area contributed by atoms with E-state index in [1.807, 2.05) is 0 Å². The second-order valence-electron chi connectivity index (χ2n) is 7.63. The number of amidine groups is 1. The molecule has 0 unspecified atom stereocenters. The first-order chi connectivity index (χ1) is 16.0. The van der Waals surface area contributed by atoms with Crippen molar-refractivity contribution in [3.63, 3.8) is 0 Å². The van der Waals surface area contributed by atoms with Gasteiger partial charge >= 0.3 is 6.18 Å². The normalized spacial score (nSPS) is 11.5. The molecule has 0 aliphatic rings. The number of hydrogen-bond acceptors (Lipinski definition) is 4. The van der Waals surface area contributed by atoms with Crippen LogP contribution in [-0.2, 0) is 6.18 Å². The van der Waals surface area contributed by atoms with Crippen molar-refractivity contribution in [1.82, 2.24) is 19.7 Å². The SMILES string of the molecule is CN(C)C(=N)c1ccc(NC(=O)c2cc(C(F)(F)F)nn2-c2ccc3cc(Cl)ccc3c2)nc1. The summed E-state index contributed by atoms with van der Waals surface area (Å²) in [5, 5.41) is 16.1. The zero-order chi connectivity index (χ0) is 24.6. The summed E-state index contributed by atoms with van der Waals surface area (Å²) in [6, 6.07) is 13.7. The Bertz CT molecular complexity index is 1400. The Balaban J connectivity index is 1.70. The van der Waals surface area contributed by atoms with E-state index >= 15 is 0 Å². The molecule has 2 aromatic carbocycles. The summed E-state index contributed by atoms with van der Waals surface area (Å²) in [4.78, 5) is 18.6. The number of nitrogens with zero attached hydrogens (tertiary/aromatic N) is 4. The number of aromatic nitrogens is 3. The van der Waals surface area contributed by atoms with Crippen LogP contribution in [0.4, 0.5) is 19.0 Å². The number of halogens is 4. The molecule has 1 amide bonds. The summed E-state index contributed by atoms with van der Waals surface area (Å²) in [5.41, 5.74) is -0.717. The molecular weight excluding hydrogens is 469 g/mol. The van der Waals surface area contributed by atoms with Crippen LogP contribution in [0.25, 0.3) is 16.5 Å². The number of carbonyl (C=O) groups excluding carboxylic acids is 1. The van der Waals surface area contributed by atoms with Gasteiger partial charge in [-0.15, -0.1) is 0 Å². The Morgan fingerprint density at radius 3 is 2.41 bits per heavy atom. The first-order valence-corrected chi connectivity index (χ1v) is 10.3. The van der Waals surface area contributed by atoms with E-state index in [1.54, 1.807) is 61.5 Å². The fourth-order valence-corrected chi connectivity index (χ4v) is 3.44. The third-order valence-corrected chi connectivity index (χ3v) is 5.22. The zero-order valence-electron chi connectivity index (χ0n) is 18.0. The minimum Gasteiger partial charge on any atom is -0.363 e. The highest BCUT2D eigenvalue weighted by Crippen LogP contribution is 2.30. The van der Waals surface area contributed by atoms with Crippen molar-refractivity contribution in [1.29, 1.82) is 5.41 Å². The molecule has 0 saturated carbocycles. The van der Waals surface area contributed by atoms with E-state index in [9.17, 15) is 18.0 Å². The molecule has 174 valence electrons. The van der Waals surface area contributed by atoms with Crippen LogP contribution in [0.2, 0.25) is 5.02 Å². The maximum absolute atomic E-state index is 13.4. The molecule has 11 heteroatoms. The van der Waals surface area contributed by atoms with Crippen molar-refractivity contribution in [3.8, 4) is 5.69 Å². The molecule has 0 atom stereocenters. The van der Waals surface area contributed by atoms with Crippen LogP contribution in [0, 0.1) is 5.41 Å². The molecule has 2 aromatic heterocycles. The number of alkyl halides is 3. The lowest BCUT2D eigenvalue weighted by molar-refractivity contribution is -0.141. The van der Waals surface area contributed by atoms with E-state index < -0.39 is 17.8 Å². The van der Waals surface area contributed by atoms with Gasteiger partial charge in [0, 0.05) is 36.9 Å². The average molecular weight is 487 g/mol. The van der Waals surface area contributed by atoms with Crippen LogP contribution in [0.1, 0.15) is 21.7 Å². The van der Waals surface area contributed by atoms with E-state index in [2.05, 4.69) is 15.4 Å². The Labute approximate surface area is 197 Å². The van der Waals surface area contributed by atoms with Gasteiger partial charge in [0.2, 0.25) is 0 Å². The molecule has 0 fully saturated rings. The van der Waals surface area contributed by atoms with Gasteiger partial charge in [-0.05, 0) is 47.2 Å². The molecule has 7 nitrogen and oxygen atoms in total. The van der Waals surface area contributed by atoms with Crippen LogP contribution in [-0.4, -0.2) is 45.5 Å². The number of fused-ring (bicyclic) bond motifs is 1. The fourth-order valence-electron chi connectivity index (χ4n) is 3.26. The molecule has 2 heterocycles. The van der Waals surface area contributed by atoms with Crippen molar-refractivity contribution in [2.45, 2.75) is 6.18 Å². The average Bonchev–Trinajstić information content (AvgIpc) is 3.25. The van der Waals surface area contributed by atoms with E-state index in [0.717, 1.165) is 15.5 Å². The summed E-state index contributed by atoms with van der Waals surface area (Å²) in [5.74, 6) is -0.479. The molecule has 0 spiro atoms. The first-order valence-electron chi connectivity index (χ1n) is 9.93. The lowest BCUT2D eigenvalue weighted by Crippen LogP contribution is -2.22. The van der Waals surface area contributed by atoms with Gasteiger partial charge in [-0.25, -0.2) is 9.67 Å². The standard InChI is InChI=1S/C23H18ClF3N6O/c1-32(2)21(28)15-5-8-20(29-12-15)30-22(34)18-11-19(23(25,26)27)31-33(18)17-7-4-13-9-16(24)6-3-14(13)10-17/h3-12,28H,1-2H3,(H,29,30,34). The highest BCUT2D eigenvalue weighted by molar-refractivity contribution is 6.31. The van der Waals surface area contributed by atoms with Gasteiger partial charge in [-0.3, -0.25) is 10.2 Å². The lowest BCUT2D eigenvalue weighted by Gasteiger charge is -2.13. The van der Waals surface area contributed by atoms with Gasteiger partial charge in [-0.2, -0.15) is 18.3 Å². The third-order valence-electron chi connectivity index (χ3n) is 4.99. The second kappa shape index (κ2) is 8.79. The lowest BCUT2D eigenvalue weighted by atomic mass is 10.1. The second-order valence-corrected chi connectivity index (χ2v) is 8.07. The molecule has 2 N–H and O–H groups in total. The van der Waals surface area contributed by atoms with E-state index in [0.29, 0.717) is 16.7 Å². The van der Waals surface area contributed by atoms with Crippen molar-refractivity contribution in [2.75, 3.05) is 19.4 Å². The van der Waals surface area contributed by atoms with Crippen molar-refractivity contribution in [3.05, 3.63) is 82.8 Å². The van der Waals surface area contributed by atoms with Gasteiger partial charge in [0.15, 0.2) is 5.69 Å². The quantitative estimate of drug-likeness (QED) is 0.305. The molecular formula is C23H18ClF3N6O. The molecule has 34 heavy (non-hydrogen) atoms. The molecule has 0 saturated heterocycles. The number of anilines is 1. The number of carbonyl (C=O) groups is 1. The van der Waals surface area contributed by atoms with E-state index in [1.165, 1.54) is 12.3 Å². The fraction of sp³-hybridized carbons (Fsp3) is 0.130. The molecule has 0 radical (unpaired) electrons. The number of benzene rings is 2. The Morgan fingerprint density at radius 1 is 1.06 bits per heavy atom. The maximum Gasteiger partial charge on any atom is 0.435 e. The van der Waals surface area contributed by atoms with Crippen LogP contribution in [0.3, 0.4) is 0 Å². The molecule has 0 bridgehead atoms. The van der Waals surface area contributed by atoms with Gasteiger partial charge in [0.1, 0.15) is 17.3 Å². The summed E-state index contributed by atoms with van der Waals surface area (Å²) in [7, 11) is 3.41. The topological polar surface area (TPSA) is 86.9 Å². The Morgan fingerprint density at radius 2 is 1.76 bits per heavy atom. The van der Waals surface area contributed by atoms with Crippen molar-refractivity contribution in [2.24, 2.45) is 0 Å². The smallest absolute Gasteiger partial charge is 0.363 e. The number of rotatable bonds is 4. The van der Waals surface area contributed by atoms with Gasteiger partial charge in [-0.1, -0.05) is 23.7 Å². The molecule has 4 rings (SSSR count). The van der Waals surface area contributed by atoms with Crippen molar-refractivity contribution >= 4 is 39.9 Å². The van der Waals surface area contributed by atoms with E-state index in [4.69, 9.17) is 17.0 Å². The van der Waals surface area contributed by atoms with Gasteiger partial charge < -0.3 is 10.2 Å². The summed E-state index contributed by atoms with van der Waals surface area (Å²) in [6.07, 6.45) is -3.35. The number of nitrogens with one attached hydrogen (secondary N) is 2. The van der Waals surface area contributed by atoms with Gasteiger partial charge in [0.05, 0.1) is 5.69 Å². The molecule has 0 aliphatic carbocycles. The third kappa shape index (κ3) is 4.72. The van der Waals surface area contributed by atoms with Crippen LogP contribution < -0.4 is 5.32 Å². The van der Waals surface area contributed by atoms with Crippen molar-refractivity contribution < 1.29 is 18.0 Å². The zero-order valence-corrected chi connectivity index (χ0v) is 18.7. The predicted molar refractivity (Wildman–Crippen MR) is 124 cm³/mol. The number of hydrogen-bond donors (Lipinski definition) is 2. The maximum atomic E-state index is 13.4. The Kier molecular flexibility index (Phi) is 6.01. The summed E-state index contributed by atoms with van der Waals surface area (Å²) < 4.78 is 41.2. The number of pyridine rings is 1. The van der Waals surface area contributed by atoms with Crippen LogP contribution >= 0.6 is 11.6 Å². The number of amides is 1. The van der Waals surface area contributed by atoms with Crippen LogP contribution in [0.15, 0.2) is 60.8 Å². The molecule has 0 aliphatic heterocycles. The first kappa shape index (κ1) is 23.2. The van der Waals surface area contributed by atoms with E-state index in [-0.39, 0.29) is 23.0 Å². The largest absolute Gasteiger partial charge is 0.435 e. The van der Waals surface area contributed by atoms with Gasteiger partial charge in [0.25, 0.3) is 5.91 Å². The summed E-state index contributed by atoms with van der Waals surface area (Å²) >= 11 is 6.00. The highest BCUT2D eigenvalue weighted by atomic mass is 35.5.